The Kier molecular flexibility index (Phi) is 14.5. The van der Waals surface area contributed by atoms with Gasteiger partial charge in [0.05, 0.1) is 19.0 Å². The van der Waals surface area contributed by atoms with Crippen LogP contribution in [-0.2, 0) is 9.59 Å². The number of carbonyl (C=O) groups excluding carboxylic acids is 2. The van der Waals surface area contributed by atoms with Crippen molar-refractivity contribution in [2.75, 3.05) is 58.0 Å². The molecule has 0 atom stereocenters. The van der Waals surface area contributed by atoms with Crippen LogP contribution in [0, 0.1) is 0 Å². The van der Waals surface area contributed by atoms with Gasteiger partial charge in [0.2, 0.25) is 11.8 Å². The summed E-state index contributed by atoms with van der Waals surface area (Å²) in [6.07, 6.45) is 3.29. The van der Waals surface area contributed by atoms with E-state index in [1.165, 1.54) is 11.8 Å². The quantitative estimate of drug-likeness (QED) is 0.246. The molecule has 0 aromatic heterocycles. The zero-order valence-electron chi connectivity index (χ0n) is 13.7. The van der Waals surface area contributed by atoms with E-state index in [1.54, 1.807) is 0 Å². The second-order valence-corrected chi connectivity index (χ2v) is 5.74. The average Bonchev–Trinajstić information content (AvgIpc) is 2.47. The van der Waals surface area contributed by atoms with Gasteiger partial charge in [-0.2, -0.15) is 11.8 Å². The molecule has 0 aromatic rings. The summed E-state index contributed by atoms with van der Waals surface area (Å²) in [6.45, 7) is 6.37. The lowest BCUT2D eigenvalue weighted by atomic mass is 10.3. The van der Waals surface area contributed by atoms with Crippen molar-refractivity contribution >= 4 is 23.6 Å². The Hall–Kier alpha value is -0.830. The number of thioether (sulfide) groups is 1. The highest BCUT2D eigenvalue weighted by Gasteiger charge is 2.04. The highest BCUT2D eigenvalue weighted by atomic mass is 32.2. The second kappa shape index (κ2) is 15.1. The summed E-state index contributed by atoms with van der Waals surface area (Å²) in [4.78, 5) is 24.9. The monoisotopic (exact) mass is 334 g/mol. The summed E-state index contributed by atoms with van der Waals surface area (Å²) in [5.41, 5.74) is 0. The van der Waals surface area contributed by atoms with E-state index in [-0.39, 0.29) is 25.1 Å². The Balaban J connectivity index is 3.53. The molecule has 22 heavy (non-hydrogen) atoms. The third-order valence-electron chi connectivity index (χ3n) is 2.94. The molecular weight excluding hydrogens is 304 g/mol. The van der Waals surface area contributed by atoms with Gasteiger partial charge in [-0.25, -0.2) is 0 Å². The van der Waals surface area contributed by atoms with Gasteiger partial charge in [0.1, 0.15) is 0 Å². The van der Waals surface area contributed by atoms with Crippen molar-refractivity contribution in [2.24, 2.45) is 0 Å². The first kappa shape index (κ1) is 21.2. The molecule has 7 nitrogen and oxygen atoms in total. The molecule has 0 unspecified atom stereocenters. The number of hydrogen-bond acceptors (Lipinski definition) is 6. The standard InChI is InChI=1S/C14H30N4O3S/c1-3-7-18(9-10-19)8-6-15-5-4-13(20)16-12-17-14(21)11-22-2/h15,19H,3-12H2,1-2H3,(H,16,20)(H,17,21). The maximum atomic E-state index is 11.5. The minimum absolute atomic E-state index is 0.0779. The lowest BCUT2D eigenvalue weighted by molar-refractivity contribution is -0.121. The van der Waals surface area contributed by atoms with E-state index < -0.39 is 0 Å². The fourth-order valence-electron chi connectivity index (χ4n) is 1.87. The van der Waals surface area contributed by atoms with Gasteiger partial charge in [-0.1, -0.05) is 6.92 Å². The van der Waals surface area contributed by atoms with E-state index in [1.807, 2.05) is 6.26 Å². The van der Waals surface area contributed by atoms with Crippen LogP contribution in [0.5, 0.6) is 0 Å². The molecule has 130 valence electrons. The number of aliphatic hydroxyl groups excluding tert-OH is 1. The number of rotatable bonds is 14. The first-order chi connectivity index (χ1) is 10.6. The third kappa shape index (κ3) is 12.9. The largest absolute Gasteiger partial charge is 0.395 e. The van der Waals surface area contributed by atoms with E-state index in [4.69, 9.17) is 5.11 Å². The van der Waals surface area contributed by atoms with Crippen LogP contribution in [-0.4, -0.2) is 79.8 Å². The van der Waals surface area contributed by atoms with E-state index in [0.717, 1.165) is 26.1 Å². The third-order valence-corrected chi connectivity index (χ3v) is 3.49. The lowest BCUT2D eigenvalue weighted by Gasteiger charge is -2.20. The minimum atomic E-state index is -0.0854. The summed E-state index contributed by atoms with van der Waals surface area (Å²) >= 11 is 1.44. The minimum Gasteiger partial charge on any atom is -0.395 e. The van der Waals surface area contributed by atoms with Crippen LogP contribution in [0.1, 0.15) is 19.8 Å². The van der Waals surface area contributed by atoms with Gasteiger partial charge in [0.25, 0.3) is 0 Å². The molecule has 0 aliphatic carbocycles. The number of nitrogens with one attached hydrogen (secondary N) is 3. The fraction of sp³-hybridized carbons (Fsp3) is 0.857. The zero-order valence-corrected chi connectivity index (χ0v) is 14.5. The molecule has 0 rings (SSSR count). The molecule has 0 aliphatic rings. The van der Waals surface area contributed by atoms with Crippen LogP contribution in [0.3, 0.4) is 0 Å². The van der Waals surface area contributed by atoms with E-state index in [2.05, 4.69) is 27.8 Å². The summed E-state index contributed by atoms with van der Waals surface area (Å²) in [7, 11) is 0. The average molecular weight is 334 g/mol. The fourth-order valence-corrected chi connectivity index (χ4v) is 2.23. The highest BCUT2D eigenvalue weighted by Crippen LogP contribution is 1.90. The Morgan fingerprint density at radius 3 is 2.45 bits per heavy atom. The normalized spacial score (nSPS) is 10.7. The van der Waals surface area contributed by atoms with E-state index in [0.29, 0.717) is 25.3 Å². The number of amides is 2. The van der Waals surface area contributed by atoms with Crippen molar-refractivity contribution in [3.63, 3.8) is 0 Å². The van der Waals surface area contributed by atoms with E-state index in [9.17, 15) is 9.59 Å². The van der Waals surface area contributed by atoms with Crippen LogP contribution >= 0.6 is 11.8 Å². The van der Waals surface area contributed by atoms with Crippen molar-refractivity contribution in [1.82, 2.24) is 20.9 Å². The Morgan fingerprint density at radius 1 is 1.09 bits per heavy atom. The topological polar surface area (TPSA) is 93.7 Å². The summed E-state index contributed by atoms with van der Waals surface area (Å²) in [5.74, 6) is 0.239. The number of carbonyl (C=O) groups is 2. The number of hydrogen-bond donors (Lipinski definition) is 4. The molecule has 0 radical (unpaired) electrons. The first-order valence-electron chi connectivity index (χ1n) is 7.70. The summed E-state index contributed by atoms with van der Waals surface area (Å²) in [6, 6.07) is 0. The molecule has 0 bridgehead atoms. The molecule has 4 N–H and O–H groups in total. The summed E-state index contributed by atoms with van der Waals surface area (Å²) < 4.78 is 0. The van der Waals surface area contributed by atoms with Gasteiger partial charge < -0.3 is 21.1 Å². The molecule has 0 heterocycles. The van der Waals surface area contributed by atoms with Crippen LogP contribution < -0.4 is 16.0 Å². The SMILES string of the molecule is CCCN(CCO)CCNCCC(=O)NCNC(=O)CSC. The molecule has 0 aliphatic heterocycles. The van der Waals surface area contributed by atoms with Gasteiger partial charge >= 0.3 is 0 Å². The van der Waals surface area contributed by atoms with Crippen molar-refractivity contribution in [1.29, 1.82) is 0 Å². The van der Waals surface area contributed by atoms with Crippen LogP contribution in [0.4, 0.5) is 0 Å². The van der Waals surface area contributed by atoms with Crippen molar-refractivity contribution in [3.8, 4) is 0 Å². The molecular formula is C14H30N4O3S. The molecule has 8 heteroatoms. The molecule has 0 spiro atoms. The Morgan fingerprint density at radius 2 is 1.82 bits per heavy atom. The highest BCUT2D eigenvalue weighted by molar-refractivity contribution is 7.99. The maximum Gasteiger partial charge on any atom is 0.231 e. The molecule has 0 aromatic carbocycles. The summed E-state index contributed by atoms with van der Waals surface area (Å²) in [5, 5.41) is 17.4. The maximum absolute atomic E-state index is 11.5. The van der Waals surface area contributed by atoms with Crippen LogP contribution in [0.25, 0.3) is 0 Å². The zero-order chi connectivity index (χ0) is 16.6. The van der Waals surface area contributed by atoms with Crippen LogP contribution in [0.2, 0.25) is 0 Å². The predicted octanol–water partition coefficient (Wildman–Crippen LogP) is -0.777. The van der Waals surface area contributed by atoms with Gasteiger partial charge in [-0.3, -0.25) is 14.5 Å². The van der Waals surface area contributed by atoms with Gasteiger partial charge in [0.15, 0.2) is 0 Å². The Labute approximate surface area is 137 Å². The van der Waals surface area contributed by atoms with Gasteiger partial charge in [-0.15, -0.1) is 0 Å². The van der Waals surface area contributed by atoms with Gasteiger partial charge in [0, 0.05) is 32.6 Å². The lowest BCUT2D eigenvalue weighted by Crippen LogP contribution is -2.39. The Bertz CT molecular complexity index is 300. The number of nitrogens with zero attached hydrogens (tertiary/aromatic N) is 1. The second-order valence-electron chi connectivity index (χ2n) is 4.87. The smallest absolute Gasteiger partial charge is 0.231 e. The molecule has 2 amide bonds. The van der Waals surface area contributed by atoms with Crippen LogP contribution in [0.15, 0.2) is 0 Å². The predicted molar refractivity (Wildman–Crippen MR) is 90.8 cm³/mol. The van der Waals surface area contributed by atoms with E-state index >= 15 is 0 Å². The molecule has 0 saturated carbocycles. The molecule has 0 fully saturated rings. The van der Waals surface area contributed by atoms with Crippen molar-refractivity contribution in [3.05, 3.63) is 0 Å². The molecule has 0 saturated heterocycles. The van der Waals surface area contributed by atoms with Crippen molar-refractivity contribution in [2.45, 2.75) is 19.8 Å². The first-order valence-corrected chi connectivity index (χ1v) is 9.09. The van der Waals surface area contributed by atoms with Crippen molar-refractivity contribution < 1.29 is 14.7 Å². The number of aliphatic hydroxyl groups is 1. The van der Waals surface area contributed by atoms with Gasteiger partial charge in [-0.05, 0) is 19.2 Å².